The number of furan rings is 1. The molecule has 2 heterocycles. The predicted molar refractivity (Wildman–Crippen MR) is 129 cm³/mol. The van der Waals surface area contributed by atoms with E-state index in [1.54, 1.807) is 30.3 Å². The Hall–Kier alpha value is -4.72. The number of carbonyl (C=O) groups is 2. The van der Waals surface area contributed by atoms with E-state index >= 15 is 0 Å². The van der Waals surface area contributed by atoms with Crippen molar-refractivity contribution >= 4 is 34.4 Å². The van der Waals surface area contributed by atoms with Gasteiger partial charge in [-0.25, -0.2) is 0 Å². The average Bonchev–Trinajstić information content (AvgIpc) is 3.48. The summed E-state index contributed by atoms with van der Waals surface area (Å²) >= 11 is 0. The van der Waals surface area contributed by atoms with Crippen LogP contribution < -0.4 is 10.6 Å². The number of fused-ring (bicyclic) bond motifs is 1. The van der Waals surface area contributed by atoms with Crippen LogP contribution in [0.25, 0.3) is 22.4 Å². The zero-order valence-electron chi connectivity index (χ0n) is 18.3. The van der Waals surface area contributed by atoms with Crippen LogP contribution in [0.1, 0.15) is 21.7 Å². The Morgan fingerprint density at radius 3 is 2.47 bits per heavy atom. The number of carbonyl (C=O) groups excluding carboxylic acids is 2. The van der Waals surface area contributed by atoms with Crippen molar-refractivity contribution in [2.75, 3.05) is 10.6 Å². The third-order valence-electron chi connectivity index (χ3n) is 5.29. The fourth-order valence-electron chi connectivity index (χ4n) is 3.50. The van der Waals surface area contributed by atoms with E-state index in [9.17, 15) is 9.59 Å². The minimum atomic E-state index is -0.337. The first-order valence-electron chi connectivity index (χ1n) is 10.7. The number of aromatic nitrogens is 3. The molecule has 2 amide bonds. The van der Waals surface area contributed by atoms with Crippen molar-refractivity contribution in [2.45, 2.75) is 13.3 Å². The third-order valence-corrected chi connectivity index (χ3v) is 5.29. The van der Waals surface area contributed by atoms with Gasteiger partial charge >= 0.3 is 0 Å². The van der Waals surface area contributed by atoms with Gasteiger partial charge in [-0.2, -0.15) is 4.98 Å². The number of hydrogen-bond acceptors (Lipinski definition) is 5. The predicted octanol–water partition coefficient (Wildman–Crippen LogP) is 4.96. The molecular weight excluding hydrogens is 430 g/mol. The third kappa shape index (κ3) is 4.71. The second-order valence-corrected chi connectivity index (χ2v) is 7.90. The molecule has 168 valence electrons. The molecule has 0 bridgehead atoms. The van der Waals surface area contributed by atoms with E-state index in [4.69, 9.17) is 4.42 Å². The quantitative estimate of drug-likeness (QED) is 0.338. The maximum absolute atomic E-state index is 12.5. The topological polar surface area (TPSA) is 113 Å². The second kappa shape index (κ2) is 9.03. The number of aromatic amines is 1. The molecule has 0 spiro atoms. The molecule has 5 rings (SSSR count). The van der Waals surface area contributed by atoms with Crippen LogP contribution in [-0.4, -0.2) is 27.0 Å². The molecule has 0 unspecified atom stereocenters. The van der Waals surface area contributed by atoms with Gasteiger partial charge in [0, 0.05) is 16.6 Å². The molecule has 0 aliphatic rings. The number of nitrogens with zero attached hydrogens (tertiary/aromatic N) is 2. The maximum Gasteiger partial charge on any atom is 0.291 e. The molecule has 8 heteroatoms. The van der Waals surface area contributed by atoms with Gasteiger partial charge in [0.25, 0.3) is 5.91 Å². The molecular formula is C26H21N5O3. The van der Waals surface area contributed by atoms with E-state index in [1.165, 1.54) is 0 Å². The van der Waals surface area contributed by atoms with Gasteiger partial charge in [0.2, 0.25) is 11.9 Å². The Kier molecular flexibility index (Phi) is 5.61. The van der Waals surface area contributed by atoms with Crippen molar-refractivity contribution in [3.8, 4) is 11.4 Å². The number of aryl methyl sites for hydroxylation is 1. The van der Waals surface area contributed by atoms with Crippen LogP contribution in [0.3, 0.4) is 0 Å². The van der Waals surface area contributed by atoms with E-state index < -0.39 is 0 Å². The van der Waals surface area contributed by atoms with Crippen molar-refractivity contribution in [3.63, 3.8) is 0 Å². The summed E-state index contributed by atoms with van der Waals surface area (Å²) < 4.78 is 5.59. The van der Waals surface area contributed by atoms with Crippen molar-refractivity contribution in [1.29, 1.82) is 0 Å². The lowest BCUT2D eigenvalue weighted by Crippen LogP contribution is -2.15. The Morgan fingerprint density at radius 2 is 1.71 bits per heavy atom. The maximum atomic E-state index is 12.5. The van der Waals surface area contributed by atoms with Crippen LogP contribution in [0.15, 0.2) is 83.3 Å². The minimum Gasteiger partial charge on any atom is -0.451 e. The summed E-state index contributed by atoms with van der Waals surface area (Å²) in [5.41, 5.74) is 4.09. The molecule has 8 nitrogen and oxygen atoms in total. The smallest absolute Gasteiger partial charge is 0.291 e. The van der Waals surface area contributed by atoms with E-state index in [-0.39, 0.29) is 29.9 Å². The van der Waals surface area contributed by atoms with Crippen LogP contribution in [0.5, 0.6) is 0 Å². The Bertz CT molecular complexity index is 1430. The number of amides is 2. The first-order valence-corrected chi connectivity index (χ1v) is 10.7. The van der Waals surface area contributed by atoms with Gasteiger partial charge in [-0.15, -0.1) is 5.10 Å². The molecule has 0 radical (unpaired) electrons. The number of anilines is 2. The van der Waals surface area contributed by atoms with Gasteiger partial charge in [0.15, 0.2) is 11.6 Å². The van der Waals surface area contributed by atoms with Gasteiger partial charge < -0.3 is 9.73 Å². The fraction of sp³-hybridized carbons (Fsp3) is 0.0769. The van der Waals surface area contributed by atoms with E-state index in [0.29, 0.717) is 17.1 Å². The standard InChI is InChI=1S/C26H21N5O3/c1-16-6-10-18(11-7-16)24-29-26(31-30-24)28-23(32)14-17-8-12-20(13-9-17)27-25(33)22-15-19-4-2-3-5-21(19)34-22/h2-13,15H,14H2,1H3,(H,27,33)(H2,28,29,30,31,32). The zero-order chi connectivity index (χ0) is 23.5. The SMILES string of the molecule is Cc1ccc(-c2nc(NC(=O)Cc3ccc(NC(=O)c4cc5ccccc5o4)cc3)n[nH]2)cc1. The summed E-state index contributed by atoms with van der Waals surface area (Å²) in [5, 5.41) is 13.3. The molecule has 34 heavy (non-hydrogen) atoms. The Labute approximate surface area is 195 Å². The lowest BCUT2D eigenvalue weighted by molar-refractivity contribution is -0.115. The Balaban J connectivity index is 1.17. The largest absolute Gasteiger partial charge is 0.451 e. The van der Waals surface area contributed by atoms with Crippen molar-refractivity contribution in [2.24, 2.45) is 0 Å². The van der Waals surface area contributed by atoms with Gasteiger partial charge in [-0.3, -0.25) is 20.0 Å². The normalized spacial score (nSPS) is 10.9. The molecule has 0 atom stereocenters. The molecule has 3 N–H and O–H groups in total. The first-order chi connectivity index (χ1) is 16.5. The lowest BCUT2D eigenvalue weighted by Gasteiger charge is -2.05. The molecule has 0 aliphatic carbocycles. The van der Waals surface area contributed by atoms with Crippen LogP contribution in [0, 0.1) is 6.92 Å². The van der Waals surface area contributed by atoms with Crippen molar-refractivity contribution in [1.82, 2.24) is 15.2 Å². The number of rotatable bonds is 6. The lowest BCUT2D eigenvalue weighted by atomic mass is 10.1. The number of nitrogens with one attached hydrogen (secondary N) is 3. The fourth-order valence-corrected chi connectivity index (χ4v) is 3.50. The highest BCUT2D eigenvalue weighted by atomic mass is 16.3. The molecule has 2 aromatic heterocycles. The molecule has 0 saturated heterocycles. The van der Waals surface area contributed by atoms with Gasteiger partial charge in [-0.1, -0.05) is 60.2 Å². The minimum absolute atomic E-state index is 0.145. The zero-order valence-corrected chi connectivity index (χ0v) is 18.3. The van der Waals surface area contributed by atoms with Gasteiger partial charge in [0.1, 0.15) is 5.58 Å². The van der Waals surface area contributed by atoms with E-state index in [1.807, 2.05) is 55.5 Å². The number of hydrogen-bond donors (Lipinski definition) is 3. The summed E-state index contributed by atoms with van der Waals surface area (Å²) in [6, 6.07) is 24.0. The highest BCUT2D eigenvalue weighted by Gasteiger charge is 2.13. The van der Waals surface area contributed by atoms with Crippen molar-refractivity contribution < 1.29 is 14.0 Å². The summed E-state index contributed by atoms with van der Waals surface area (Å²) in [4.78, 5) is 29.2. The Morgan fingerprint density at radius 1 is 0.941 bits per heavy atom. The molecule has 0 aliphatic heterocycles. The van der Waals surface area contributed by atoms with Crippen molar-refractivity contribution in [3.05, 3.63) is 95.7 Å². The van der Waals surface area contributed by atoms with Crippen LogP contribution in [0.2, 0.25) is 0 Å². The van der Waals surface area contributed by atoms with Crippen LogP contribution in [0.4, 0.5) is 11.6 Å². The molecule has 5 aromatic rings. The highest BCUT2D eigenvalue weighted by Crippen LogP contribution is 2.20. The number of H-pyrrole nitrogens is 1. The number of para-hydroxylation sites is 1. The van der Waals surface area contributed by atoms with Gasteiger partial charge in [0.05, 0.1) is 6.42 Å². The van der Waals surface area contributed by atoms with Crippen LogP contribution in [-0.2, 0) is 11.2 Å². The van der Waals surface area contributed by atoms with Crippen LogP contribution >= 0.6 is 0 Å². The molecule has 0 saturated carbocycles. The van der Waals surface area contributed by atoms with Gasteiger partial charge in [-0.05, 0) is 36.8 Å². The highest BCUT2D eigenvalue weighted by molar-refractivity contribution is 6.04. The van der Waals surface area contributed by atoms with E-state index in [0.717, 1.165) is 22.1 Å². The second-order valence-electron chi connectivity index (χ2n) is 7.90. The summed E-state index contributed by atoms with van der Waals surface area (Å²) in [6.07, 6.45) is 0.145. The molecule has 0 fully saturated rings. The first kappa shape index (κ1) is 21.1. The summed E-state index contributed by atoms with van der Waals surface area (Å²) in [7, 11) is 0. The monoisotopic (exact) mass is 451 g/mol. The van der Waals surface area contributed by atoms with E-state index in [2.05, 4.69) is 25.8 Å². The molecule has 3 aromatic carbocycles. The number of benzene rings is 3. The summed E-state index contributed by atoms with van der Waals surface area (Å²) in [5.74, 6) is 0.459. The summed E-state index contributed by atoms with van der Waals surface area (Å²) in [6.45, 7) is 2.01. The average molecular weight is 451 g/mol.